The summed E-state index contributed by atoms with van der Waals surface area (Å²) in [4.78, 5) is 23.4. The first-order valence-electron chi connectivity index (χ1n) is 5.72. The molecule has 0 bridgehead atoms. The summed E-state index contributed by atoms with van der Waals surface area (Å²) in [5, 5.41) is 2.59. The van der Waals surface area contributed by atoms with Crippen molar-refractivity contribution in [3.63, 3.8) is 0 Å². The molecule has 1 aromatic carbocycles. The fraction of sp³-hybridized carbons (Fsp3) is 0.143. The largest absolute Gasteiger partial charge is 0.322 e. The Balaban J connectivity index is 2.28. The van der Waals surface area contributed by atoms with E-state index in [-0.39, 0.29) is 16.9 Å². The van der Waals surface area contributed by atoms with Gasteiger partial charge in [-0.05, 0) is 25.1 Å². The van der Waals surface area contributed by atoms with E-state index >= 15 is 0 Å². The van der Waals surface area contributed by atoms with Gasteiger partial charge in [-0.3, -0.25) is 9.59 Å². The zero-order valence-corrected chi connectivity index (χ0v) is 10.6. The van der Waals surface area contributed by atoms with Gasteiger partial charge in [0.1, 0.15) is 5.82 Å². The third-order valence-electron chi connectivity index (χ3n) is 2.88. The number of hydrogen-bond acceptors (Lipinski definition) is 2. The molecular formula is C14H13FN2O2. The monoisotopic (exact) mass is 260 g/mol. The summed E-state index contributed by atoms with van der Waals surface area (Å²) < 4.78 is 14.7. The molecule has 0 aliphatic heterocycles. The maximum Gasteiger partial charge on any atom is 0.255 e. The summed E-state index contributed by atoms with van der Waals surface area (Å²) in [7, 11) is 1.60. The van der Waals surface area contributed by atoms with Crippen molar-refractivity contribution >= 4 is 11.6 Å². The van der Waals surface area contributed by atoms with Gasteiger partial charge in [0.05, 0.1) is 0 Å². The Kier molecular flexibility index (Phi) is 3.46. The topological polar surface area (TPSA) is 51.1 Å². The number of hydrogen-bond donors (Lipinski definition) is 1. The van der Waals surface area contributed by atoms with E-state index in [1.807, 2.05) is 0 Å². The molecule has 0 aliphatic carbocycles. The van der Waals surface area contributed by atoms with E-state index in [4.69, 9.17) is 0 Å². The lowest BCUT2D eigenvalue weighted by atomic mass is 10.1. The minimum atomic E-state index is -0.439. The smallest absolute Gasteiger partial charge is 0.255 e. The summed E-state index contributed by atoms with van der Waals surface area (Å²) in [6.45, 7) is 1.58. The number of benzene rings is 1. The van der Waals surface area contributed by atoms with E-state index < -0.39 is 5.91 Å². The Hall–Kier alpha value is -2.43. The third-order valence-corrected chi connectivity index (χ3v) is 2.88. The van der Waals surface area contributed by atoms with Crippen LogP contribution in [0.4, 0.5) is 10.1 Å². The highest BCUT2D eigenvalue weighted by Gasteiger charge is 2.10. The molecule has 2 rings (SSSR count). The van der Waals surface area contributed by atoms with E-state index in [1.165, 1.54) is 35.0 Å². The molecule has 0 saturated heterocycles. The molecule has 1 aromatic heterocycles. The lowest BCUT2D eigenvalue weighted by Crippen LogP contribution is -2.20. The van der Waals surface area contributed by atoms with E-state index in [2.05, 4.69) is 5.32 Å². The summed E-state index contributed by atoms with van der Waals surface area (Å²) in [6, 6.07) is 7.22. The van der Waals surface area contributed by atoms with Crippen molar-refractivity contribution < 1.29 is 9.18 Å². The molecule has 0 saturated carbocycles. The van der Waals surface area contributed by atoms with Gasteiger partial charge < -0.3 is 9.88 Å². The Labute approximate surface area is 109 Å². The number of nitrogens with one attached hydrogen (secondary N) is 1. The number of rotatable bonds is 2. The van der Waals surface area contributed by atoms with E-state index in [0.717, 1.165) is 0 Å². The van der Waals surface area contributed by atoms with Crippen molar-refractivity contribution in [1.82, 2.24) is 4.57 Å². The first-order valence-corrected chi connectivity index (χ1v) is 5.72. The Morgan fingerprint density at radius 2 is 2.05 bits per heavy atom. The molecule has 1 N–H and O–H groups in total. The van der Waals surface area contributed by atoms with Crippen LogP contribution in [-0.4, -0.2) is 10.5 Å². The number of amides is 1. The fourth-order valence-corrected chi connectivity index (χ4v) is 1.63. The third kappa shape index (κ3) is 2.70. The lowest BCUT2D eigenvalue weighted by molar-refractivity contribution is 0.102. The Morgan fingerprint density at radius 1 is 1.32 bits per heavy atom. The minimum Gasteiger partial charge on any atom is -0.322 e. The molecule has 4 nitrogen and oxygen atoms in total. The van der Waals surface area contributed by atoms with E-state index in [1.54, 1.807) is 20.0 Å². The van der Waals surface area contributed by atoms with Crippen molar-refractivity contribution in [3.05, 3.63) is 63.8 Å². The molecule has 1 amide bonds. The molecule has 0 atom stereocenters. The van der Waals surface area contributed by atoms with Crippen molar-refractivity contribution in [2.45, 2.75) is 6.92 Å². The second-order valence-corrected chi connectivity index (χ2v) is 4.23. The number of carbonyl (C=O) groups is 1. The predicted octanol–water partition coefficient (Wildman–Crippen LogP) is 2.09. The van der Waals surface area contributed by atoms with Gasteiger partial charge in [-0.1, -0.05) is 6.07 Å². The number of aryl methyl sites for hydroxylation is 1. The lowest BCUT2D eigenvalue weighted by Gasteiger charge is -2.09. The first-order chi connectivity index (χ1) is 8.99. The van der Waals surface area contributed by atoms with Crippen LogP contribution in [-0.2, 0) is 7.05 Å². The van der Waals surface area contributed by atoms with Crippen LogP contribution in [0.3, 0.4) is 0 Å². The van der Waals surface area contributed by atoms with Crippen LogP contribution in [0, 0.1) is 12.7 Å². The van der Waals surface area contributed by atoms with E-state index in [9.17, 15) is 14.0 Å². The Bertz CT molecular complexity index is 692. The predicted molar refractivity (Wildman–Crippen MR) is 70.8 cm³/mol. The summed E-state index contributed by atoms with van der Waals surface area (Å²) in [5.74, 6) is -0.826. The summed E-state index contributed by atoms with van der Waals surface area (Å²) >= 11 is 0. The maximum atomic E-state index is 13.3. The number of anilines is 1. The average Bonchev–Trinajstić information content (AvgIpc) is 2.38. The van der Waals surface area contributed by atoms with Crippen molar-refractivity contribution in [2.75, 3.05) is 5.32 Å². The average molecular weight is 260 g/mol. The molecule has 2 aromatic rings. The highest BCUT2D eigenvalue weighted by atomic mass is 19.1. The van der Waals surface area contributed by atoms with Crippen molar-refractivity contribution in [3.8, 4) is 0 Å². The van der Waals surface area contributed by atoms with Crippen LogP contribution in [0.1, 0.15) is 15.9 Å². The van der Waals surface area contributed by atoms with Gasteiger partial charge in [0.25, 0.3) is 11.5 Å². The Morgan fingerprint density at radius 3 is 2.74 bits per heavy atom. The van der Waals surface area contributed by atoms with Crippen LogP contribution < -0.4 is 10.9 Å². The number of carbonyl (C=O) groups excluding carboxylic acids is 1. The summed E-state index contributed by atoms with van der Waals surface area (Å²) in [6.07, 6.45) is 1.51. The highest BCUT2D eigenvalue weighted by Crippen LogP contribution is 2.18. The van der Waals surface area contributed by atoms with E-state index in [0.29, 0.717) is 11.3 Å². The number of halogens is 1. The SMILES string of the molecule is Cc1c(F)cccc1NC(=O)c1ccn(C)c(=O)c1. The fourth-order valence-electron chi connectivity index (χ4n) is 1.63. The number of nitrogens with zero attached hydrogens (tertiary/aromatic N) is 1. The normalized spacial score (nSPS) is 10.3. The van der Waals surface area contributed by atoms with Gasteiger partial charge in [-0.15, -0.1) is 0 Å². The van der Waals surface area contributed by atoms with Crippen LogP contribution in [0.2, 0.25) is 0 Å². The van der Waals surface area contributed by atoms with Gasteiger partial charge >= 0.3 is 0 Å². The molecule has 0 aliphatic rings. The van der Waals surface area contributed by atoms with Crippen LogP contribution in [0.15, 0.2) is 41.3 Å². The molecule has 0 unspecified atom stereocenters. The number of aromatic nitrogens is 1. The molecule has 0 fully saturated rings. The maximum absolute atomic E-state index is 13.3. The second-order valence-electron chi connectivity index (χ2n) is 4.23. The van der Waals surface area contributed by atoms with Crippen molar-refractivity contribution in [2.24, 2.45) is 7.05 Å². The molecular weight excluding hydrogens is 247 g/mol. The summed E-state index contributed by atoms with van der Waals surface area (Å²) in [5.41, 5.74) is 0.723. The number of pyridine rings is 1. The molecule has 19 heavy (non-hydrogen) atoms. The van der Waals surface area contributed by atoms with Crippen LogP contribution >= 0.6 is 0 Å². The first kappa shape index (κ1) is 13.0. The van der Waals surface area contributed by atoms with Gasteiger partial charge in [0.2, 0.25) is 0 Å². The molecule has 0 spiro atoms. The quantitative estimate of drug-likeness (QED) is 0.898. The molecule has 98 valence electrons. The molecule has 5 heteroatoms. The van der Waals surface area contributed by atoms with Crippen molar-refractivity contribution in [1.29, 1.82) is 0 Å². The van der Waals surface area contributed by atoms with Gasteiger partial charge in [0, 0.05) is 36.1 Å². The molecule has 0 radical (unpaired) electrons. The van der Waals surface area contributed by atoms with Gasteiger partial charge in [-0.2, -0.15) is 0 Å². The minimum absolute atomic E-state index is 0.242. The molecule has 1 heterocycles. The van der Waals surface area contributed by atoms with Gasteiger partial charge in [-0.25, -0.2) is 4.39 Å². The second kappa shape index (κ2) is 5.06. The van der Waals surface area contributed by atoms with Crippen LogP contribution in [0.25, 0.3) is 0 Å². The highest BCUT2D eigenvalue weighted by molar-refractivity contribution is 6.04. The van der Waals surface area contributed by atoms with Crippen LogP contribution in [0.5, 0.6) is 0 Å². The zero-order chi connectivity index (χ0) is 14.0. The standard InChI is InChI=1S/C14H13FN2O2/c1-9-11(15)4-3-5-12(9)16-14(19)10-6-7-17(2)13(18)8-10/h3-8H,1-2H3,(H,16,19). The van der Waals surface area contributed by atoms with Gasteiger partial charge in [0.15, 0.2) is 0 Å². The zero-order valence-electron chi connectivity index (χ0n) is 10.6.